The number of rotatable bonds is 5. The summed E-state index contributed by atoms with van der Waals surface area (Å²) in [6.07, 6.45) is 2.61. The maximum Gasteiger partial charge on any atom is 0.335 e. The van der Waals surface area contributed by atoms with Gasteiger partial charge < -0.3 is 14.4 Å². The number of imidazole rings is 1. The van der Waals surface area contributed by atoms with Gasteiger partial charge in [0.15, 0.2) is 0 Å². The first-order valence-corrected chi connectivity index (χ1v) is 5.82. The normalized spacial score (nSPS) is 12.8. The fraction of sp³-hybridized carbons (Fsp3) is 0.385. The van der Waals surface area contributed by atoms with Gasteiger partial charge in [-0.15, -0.1) is 0 Å². The monoisotopic (exact) mass is 248 g/mol. The van der Waals surface area contributed by atoms with E-state index in [1.54, 1.807) is 31.6 Å². The second-order valence-electron chi connectivity index (χ2n) is 4.29. The van der Waals surface area contributed by atoms with Crippen molar-refractivity contribution in [1.29, 1.82) is 0 Å². The van der Waals surface area contributed by atoms with E-state index in [-0.39, 0.29) is 11.6 Å². The van der Waals surface area contributed by atoms with Crippen LogP contribution in [-0.4, -0.2) is 34.3 Å². The average Bonchev–Trinajstić information content (AvgIpc) is 2.78. The van der Waals surface area contributed by atoms with Gasteiger partial charge >= 0.3 is 5.97 Å². The molecular weight excluding hydrogens is 232 g/mol. The number of benzene rings is 1. The highest BCUT2D eigenvalue weighted by atomic mass is 16.5. The quantitative estimate of drug-likeness (QED) is 0.882. The first-order chi connectivity index (χ1) is 8.63. The lowest BCUT2D eigenvalue weighted by Gasteiger charge is -2.13. The Balaban J connectivity index is 2.38. The van der Waals surface area contributed by atoms with Crippen molar-refractivity contribution < 1.29 is 14.6 Å². The first-order valence-electron chi connectivity index (χ1n) is 5.82. The molecule has 2 rings (SSSR count). The number of aromatic nitrogens is 2. The Kier molecular flexibility index (Phi) is 3.62. The number of carboxylic acid groups (broad SMARTS) is 1. The zero-order chi connectivity index (χ0) is 13.1. The molecule has 2 aromatic rings. The van der Waals surface area contributed by atoms with E-state index in [4.69, 9.17) is 9.84 Å². The van der Waals surface area contributed by atoms with Crippen molar-refractivity contribution in [1.82, 2.24) is 9.55 Å². The molecule has 0 radical (unpaired) electrons. The molecule has 5 nitrogen and oxygen atoms in total. The van der Waals surface area contributed by atoms with Gasteiger partial charge in [-0.1, -0.05) is 0 Å². The topological polar surface area (TPSA) is 64.4 Å². The molecule has 1 N–H and O–H groups in total. The van der Waals surface area contributed by atoms with Crippen LogP contribution < -0.4 is 0 Å². The number of fused-ring (bicyclic) bond motifs is 1. The summed E-state index contributed by atoms with van der Waals surface area (Å²) in [5.41, 5.74) is 1.94. The molecule has 18 heavy (non-hydrogen) atoms. The summed E-state index contributed by atoms with van der Waals surface area (Å²) < 4.78 is 7.04. The van der Waals surface area contributed by atoms with Crippen molar-refractivity contribution in [3.05, 3.63) is 30.1 Å². The van der Waals surface area contributed by atoms with E-state index < -0.39 is 5.97 Å². The number of hydrogen-bond acceptors (Lipinski definition) is 3. The van der Waals surface area contributed by atoms with Gasteiger partial charge in [0, 0.05) is 19.8 Å². The molecule has 1 atom stereocenters. The molecule has 96 valence electrons. The van der Waals surface area contributed by atoms with Gasteiger partial charge in [0.1, 0.15) is 0 Å². The Morgan fingerprint density at radius 3 is 3.00 bits per heavy atom. The van der Waals surface area contributed by atoms with E-state index in [2.05, 4.69) is 11.9 Å². The van der Waals surface area contributed by atoms with Crippen LogP contribution in [0.15, 0.2) is 24.5 Å². The largest absolute Gasteiger partial charge is 0.478 e. The molecule has 1 aromatic carbocycles. The predicted octanol–water partition coefficient (Wildman–Crippen LogP) is 2.33. The molecule has 0 fully saturated rings. The van der Waals surface area contributed by atoms with E-state index in [9.17, 15) is 4.79 Å². The van der Waals surface area contributed by atoms with Crippen LogP contribution in [0.3, 0.4) is 0 Å². The van der Waals surface area contributed by atoms with Gasteiger partial charge in [-0.3, -0.25) is 0 Å². The minimum atomic E-state index is -0.922. The minimum Gasteiger partial charge on any atom is -0.478 e. The molecular formula is C13H16N2O3. The molecule has 0 aliphatic rings. The summed E-state index contributed by atoms with van der Waals surface area (Å²) in [5, 5.41) is 9.00. The second-order valence-corrected chi connectivity index (χ2v) is 4.29. The summed E-state index contributed by atoms with van der Waals surface area (Å²) >= 11 is 0. The first kappa shape index (κ1) is 12.6. The maximum atomic E-state index is 11.0. The number of nitrogens with zero attached hydrogens (tertiary/aromatic N) is 2. The van der Waals surface area contributed by atoms with Crippen LogP contribution in [-0.2, 0) is 4.74 Å². The fourth-order valence-electron chi connectivity index (χ4n) is 1.94. The third kappa shape index (κ3) is 2.36. The SMILES string of the molecule is COCCC(C)n1cnc2ccc(C(=O)O)cc21. The number of carbonyl (C=O) groups is 1. The average molecular weight is 248 g/mol. The fourth-order valence-corrected chi connectivity index (χ4v) is 1.94. The Morgan fingerprint density at radius 2 is 2.33 bits per heavy atom. The summed E-state index contributed by atoms with van der Waals surface area (Å²) in [6.45, 7) is 2.73. The Labute approximate surface area is 105 Å². The van der Waals surface area contributed by atoms with Crippen molar-refractivity contribution in [2.45, 2.75) is 19.4 Å². The zero-order valence-electron chi connectivity index (χ0n) is 10.5. The highest BCUT2D eigenvalue weighted by molar-refractivity contribution is 5.92. The van der Waals surface area contributed by atoms with E-state index in [0.717, 1.165) is 17.5 Å². The van der Waals surface area contributed by atoms with Crippen LogP contribution in [0, 0.1) is 0 Å². The molecule has 0 bridgehead atoms. The predicted molar refractivity (Wildman–Crippen MR) is 67.9 cm³/mol. The van der Waals surface area contributed by atoms with Crippen molar-refractivity contribution in [2.75, 3.05) is 13.7 Å². The number of methoxy groups -OCH3 is 1. The van der Waals surface area contributed by atoms with E-state index in [1.807, 2.05) is 4.57 Å². The summed E-state index contributed by atoms with van der Waals surface area (Å²) in [5.74, 6) is -0.922. The van der Waals surface area contributed by atoms with E-state index in [1.165, 1.54) is 0 Å². The molecule has 5 heteroatoms. The van der Waals surface area contributed by atoms with Crippen molar-refractivity contribution in [3.8, 4) is 0 Å². The smallest absolute Gasteiger partial charge is 0.335 e. The lowest BCUT2D eigenvalue weighted by molar-refractivity contribution is 0.0697. The van der Waals surface area contributed by atoms with Crippen LogP contribution in [0.4, 0.5) is 0 Å². The number of ether oxygens (including phenoxy) is 1. The van der Waals surface area contributed by atoms with Gasteiger partial charge in [0.05, 0.1) is 22.9 Å². The molecule has 0 aliphatic heterocycles. The zero-order valence-corrected chi connectivity index (χ0v) is 10.5. The van der Waals surface area contributed by atoms with Crippen molar-refractivity contribution in [2.24, 2.45) is 0 Å². The van der Waals surface area contributed by atoms with Crippen molar-refractivity contribution in [3.63, 3.8) is 0 Å². The van der Waals surface area contributed by atoms with Gasteiger partial charge in [0.2, 0.25) is 0 Å². The summed E-state index contributed by atoms with van der Waals surface area (Å²) in [7, 11) is 1.67. The molecule has 0 amide bonds. The molecule has 0 aliphatic carbocycles. The van der Waals surface area contributed by atoms with E-state index >= 15 is 0 Å². The third-order valence-electron chi connectivity index (χ3n) is 3.04. The maximum absolute atomic E-state index is 11.0. The number of hydrogen-bond donors (Lipinski definition) is 1. The Morgan fingerprint density at radius 1 is 1.56 bits per heavy atom. The second kappa shape index (κ2) is 5.18. The third-order valence-corrected chi connectivity index (χ3v) is 3.04. The standard InChI is InChI=1S/C13H16N2O3/c1-9(5-6-18-2)15-8-14-11-4-3-10(13(16)17)7-12(11)15/h3-4,7-9H,5-6H2,1-2H3,(H,16,17). The molecule has 0 spiro atoms. The highest BCUT2D eigenvalue weighted by Gasteiger charge is 2.11. The number of aromatic carboxylic acids is 1. The van der Waals surface area contributed by atoms with Gasteiger partial charge in [-0.25, -0.2) is 9.78 Å². The van der Waals surface area contributed by atoms with E-state index in [0.29, 0.717) is 6.61 Å². The summed E-state index contributed by atoms with van der Waals surface area (Å²) in [4.78, 5) is 15.2. The highest BCUT2D eigenvalue weighted by Crippen LogP contribution is 2.21. The molecule has 0 saturated heterocycles. The lowest BCUT2D eigenvalue weighted by atomic mass is 10.2. The van der Waals surface area contributed by atoms with Crippen molar-refractivity contribution >= 4 is 17.0 Å². The minimum absolute atomic E-state index is 0.221. The molecule has 1 aromatic heterocycles. The van der Waals surface area contributed by atoms with Gasteiger partial charge in [0.25, 0.3) is 0 Å². The van der Waals surface area contributed by atoms with Crippen LogP contribution in [0.1, 0.15) is 29.7 Å². The summed E-state index contributed by atoms with van der Waals surface area (Å²) in [6, 6.07) is 5.19. The van der Waals surface area contributed by atoms with Crippen LogP contribution in [0.5, 0.6) is 0 Å². The lowest BCUT2D eigenvalue weighted by Crippen LogP contribution is -2.07. The van der Waals surface area contributed by atoms with Crippen LogP contribution in [0.25, 0.3) is 11.0 Å². The Hall–Kier alpha value is -1.88. The van der Waals surface area contributed by atoms with Gasteiger partial charge in [-0.2, -0.15) is 0 Å². The molecule has 1 heterocycles. The van der Waals surface area contributed by atoms with Crippen LogP contribution in [0.2, 0.25) is 0 Å². The number of carboxylic acids is 1. The van der Waals surface area contributed by atoms with Crippen LogP contribution >= 0.6 is 0 Å². The molecule has 0 saturated carbocycles. The Bertz CT molecular complexity index is 562. The van der Waals surface area contributed by atoms with Gasteiger partial charge in [-0.05, 0) is 31.5 Å². The molecule has 1 unspecified atom stereocenters.